The summed E-state index contributed by atoms with van der Waals surface area (Å²) in [7, 11) is -2.43. The Bertz CT molecular complexity index is 1960. The number of allylic oxidation sites excluding steroid dienone is 2. The van der Waals surface area contributed by atoms with Crippen LogP contribution in [0.15, 0.2) is 55.3 Å². The second-order valence-electron chi connectivity index (χ2n) is 16.3. The van der Waals surface area contributed by atoms with Crippen molar-refractivity contribution in [2.75, 3.05) is 13.7 Å². The molecule has 56 heavy (non-hydrogen) atoms. The van der Waals surface area contributed by atoms with Crippen LogP contribution in [0.25, 0.3) is 10.8 Å². The summed E-state index contributed by atoms with van der Waals surface area (Å²) in [6.07, 6.45) is 4.65. The van der Waals surface area contributed by atoms with Crippen LogP contribution in [0.4, 0.5) is 4.79 Å². The van der Waals surface area contributed by atoms with E-state index >= 15 is 0 Å². The number of methoxy groups -OCH3 is 1. The molecule has 2 fully saturated rings. The Morgan fingerprint density at radius 1 is 1.07 bits per heavy atom. The molecular weight excluding hydrogens is 743 g/mol. The van der Waals surface area contributed by atoms with Crippen LogP contribution in [0.1, 0.15) is 87.0 Å². The van der Waals surface area contributed by atoms with Crippen LogP contribution in [0.5, 0.6) is 11.6 Å². The van der Waals surface area contributed by atoms with Crippen molar-refractivity contribution < 1.29 is 46.6 Å². The molecule has 306 valence electrons. The number of carbonyl (C=O) groups is 5. The van der Waals surface area contributed by atoms with E-state index in [4.69, 9.17) is 14.2 Å². The number of hydrogen-bond acceptors (Lipinski definition) is 11. The van der Waals surface area contributed by atoms with Gasteiger partial charge < -0.3 is 29.7 Å². The van der Waals surface area contributed by atoms with Crippen LogP contribution >= 0.6 is 0 Å². The number of carbonyl (C=O) groups excluding carboxylic acids is 5. The van der Waals surface area contributed by atoms with E-state index in [-0.39, 0.29) is 49.3 Å². The molecule has 0 unspecified atom stereocenters. The Hall–Kier alpha value is -4.99. The van der Waals surface area contributed by atoms with Crippen molar-refractivity contribution in [3.8, 4) is 11.6 Å². The smallest absolute Gasteiger partial charge is 0.408 e. The van der Waals surface area contributed by atoms with E-state index in [1.54, 1.807) is 65.3 Å². The summed E-state index contributed by atoms with van der Waals surface area (Å²) < 4.78 is 44.7. The molecule has 1 aliphatic heterocycles. The number of nitrogens with one attached hydrogen (secondary N) is 3. The van der Waals surface area contributed by atoms with Gasteiger partial charge in [-0.1, -0.05) is 39.8 Å². The fourth-order valence-corrected chi connectivity index (χ4v) is 7.44. The first-order valence-electron chi connectivity index (χ1n) is 18.7. The van der Waals surface area contributed by atoms with E-state index < -0.39 is 68.4 Å². The topological polar surface area (TPSA) is 199 Å². The molecule has 1 saturated carbocycles. The number of sulfonamides is 1. The molecule has 15 nitrogen and oxygen atoms in total. The molecule has 1 saturated heterocycles. The summed E-state index contributed by atoms with van der Waals surface area (Å²) in [5.74, 6) is -1.89. The Morgan fingerprint density at radius 3 is 2.36 bits per heavy atom. The van der Waals surface area contributed by atoms with Crippen molar-refractivity contribution in [3.05, 3.63) is 55.3 Å². The molecule has 0 spiro atoms. The Balaban J connectivity index is 1.69. The summed E-state index contributed by atoms with van der Waals surface area (Å²) >= 11 is 0. The van der Waals surface area contributed by atoms with Gasteiger partial charge in [-0.15, -0.1) is 6.58 Å². The maximum absolute atomic E-state index is 14.6. The van der Waals surface area contributed by atoms with Crippen LogP contribution in [0, 0.1) is 5.41 Å². The third-order valence-electron chi connectivity index (χ3n) is 9.36. The summed E-state index contributed by atoms with van der Waals surface area (Å²) in [6, 6.07) is 4.53. The number of hydrogen-bond donors (Lipinski definition) is 3. The van der Waals surface area contributed by atoms with Gasteiger partial charge in [0.05, 0.1) is 18.9 Å². The lowest BCUT2D eigenvalue weighted by Gasteiger charge is -2.33. The van der Waals surface area contributed by atoms with Crippen LogP contribution in [0.2, 0.25) is 0 Å². The zero-order chi connectivity index (χ0) is 41.6. The quantitative estimate of drug-likeness (QED) is 0.160. The third kappa shape index (κ3) is 11.5. The minimum absolute atomic E-state index is 0.0642. The van der Waals surface area contributed by atoms with Crippen LogP contribution in [-0.4, -0.2) is 96.1 Å². The van der Waals surface area contributed by atoms with E-state index in [1.807, 2.05) is 26.8 Å². The maximum atomic E-state index is 14.6. The highest BCUT2D eigenvalue weighted by atomic mass is 32.2. The number of pyridine rings is 1. The minimum atomic E-state index is -3.98. The van der Waals surface area contributed by atoms with E-state index in [0.29, 0.717) is 24.0 Å². The normalized spacial score (nSPS) is 19.1. The van der Waals surface area contributed by atoms with E-state index in [1.165, 1.54) is 11.0 Å². The zero-order valence-electron chi connectivity index (χ0n) is 33.5. The van der Waals surface area contributed by atoms with Gasteiger partial charge in [-0.25, -0.2) is 18.2 Å². The van der Waals surface area contributed by atoms with E-state index in [0.717, 1.165) is 11.5 Å². The number of alkyl carbamates (subject to hydrolysis) is 1. The summed E-state index contributed by atoms with van der Waals surface area (Å²) in [6.45, 7) is 16.0. The van der Waals surface area contributed by atoms with E-state index in [2.05, 4.69) is 26.9 Å². The van der Waals surface area contributed by atoms with Crippen molar-refractivity contribution >= 4 is 50.4 Å². The van der Waals surface area contributed by atoms with Crippen LogP contribution < -0.4 is 24.8 Å². The second kappa shape index (κ2) is 17.4. The van der Waals surface area contributed by atoms with Crippen molar-refractivity contribution in [1.29, 1.82) is 0 Å². The Labute approximate surface area is 329 Å². The molecule has 3 N–H and O–H groups in total. The first-order valence-corrected chi connectivity index (χ1v) is 20.3. The molecule has 1 aromatic heterocycles. The van der Waals surface area contributed by atoms with Crippen molar-refractivity contribution in [2.24, 2.45) is 5.41 Å². The average Bonchev–Trinajstić information content (AvgIpc) is 3.90. The standard InChI is InChI=1S/C40H55N5O10S/c1-10-40(11-2,36(49)44-56(51,52)29-14-15-29)43-33(47)32-23-28(54-34-30-16-13-27(53-9)22-25(30)19-21-41-34)24-45(32)35(48)31(42-37(50)55-39(6,7)8)17-12-26(46)18-20-38(3,4)5/h10,13,16,18-22,28-29,31-32H,1,11-12,14-15,17,23-24H2,2-9H3,(H,42,50)(H,43,47)(H,44,49)/b20-18+/t28-,31+,32+,40+/m1/s1. The Kier molecular flexibility index (Phi) is 13.6. The highest BCUT2D eigenvalue weighted by Crippen LogP contribution is 2.32. The molecule has 1 aliphatic carbocycles. The van der Waals surface area contributed by atoms with Gasteiger partial charge in [0.15, 0.2) is 5.78 Å². The number of likely N-dealkylation sites (tertiary alicyclic amines) is 1. The lowest BCUT2D eigenvalue weighted by molar-refractivity contribution is -0.141. The van der Waals surface area contributed by atoms with Crippen LogP contribution in [-0.2, 0) is 33.9 Å². The van der Waals surface area contributed by atoms with Crippen LogP contribution in [0.3, 0.4) is 0 Å². The lowest BCUT2D eigenvalue weighted by Crippen LogP contribution is -2.62. The SMILES string of the molecule is C=C[C@@](CC)(NC(=O)[C@@H]1C[C@@H](Oc2nccc3cc(OC)ccc23)CN1C(=O)[C@H](CCC(=O)/C=C/C(C)(C)C)NC(=O)OC(C)(C)C)C(=O)NS(=O)(=O)C1CC1. The van der Waals surface area contributed by atoms with Crippen molar-refractivity contribution in [2.45, 2.75) is 122 Å². The zero-order valence-corrected chi connectivity index (χ0v) is 34.3. The fourth-order valence-electron chi connectivity index (χ4n) is 6.08. The van der Waals surface area contributed by atoms with Gasteiger partial charge >= 0.3 is 6.09 Å². The molecule has 2 heterocycles. The maximum Gasteiger partial charge on any atom is 0.408 e. The average molecular weight is 798 g/mol. The summed E-state index contributed by atoms with van der Waals surface area (Å²) in [5, 5.41) is 5.99. The van der Waals surface area contributed by atoms with Gasteiger partial charge in [0.1, 0.15) is 35.1 Å². The number of rotatable bonds is 16. The van der Waals surface area contributed by atoms with Gasteiger partial charge in [0.2, 0.25) is 27.7 Å². The predicted octanol–water partition coefficient (Wildman–Crippen LogP) is 4.50. The molecule has 4 amide bonds. The molecule has 2 aliphatic rings. The second-order valence-corrected chi connectivity index (χ2v) is 18.2. The number of fused-ring (bicyclic) bond motifs is 1. The van der Waals surface area contributed by atoms with Gasteiger partial charge in [-0.2, -0.15) is 0 Å². The number of benzene rings is 1. The molecule has 4 rings (SSSR count). The summed E-state index contributed by atoms with van der Waals surface area (Å²) in [5.41, 5.74) is -3.04. The van der Waals surface area contributed by atoms with Crippen molar-refractivity contribution in [1.82, 2.24) is 25.2 Å². The first kappa shape index (κ1) is 43.7. The minimum Gasteiger partial charge on any atom is -0.497 e. The number of ether oxygens (including phenoxy) is 3. The number of nitrogens with zero attached hydrogens (tertiary/aromatic N) is 2. The molecule has 0 bridgehead atoms. The summed E-state index contributed by atoms with van der Waals surface area (Å²) in [4.78, 5) is 74.0. The highest BCUT2D eigenvalue weighted by molar-refractivity contribution is 7.91. The van der Waals surface area contributed by atoms with Gasteiger partial charge in [0, 0.05) is 24.4 Å². The van der Waals surface area contributed by atoms with Crippen molar-refractivity contribution in [3.63, 3.8) is 0 Å². The third-order valence-corrected chi connectivity index (χ3v) is 11.2. The fraction of sp³-hybridized carbons (Fsp3) is 0.550. The first-order chi connectivity index (χ1) is 26.1. The number of amides is 4. The van der Waals surface area contributed by atoms with E-state index in [9.17, 15) is 32.4 Å². The van der Waals surface area contributed by atoms with Gasteiger partial charge in [-0.05, 0) is 87.6 Å². The van der Waals surface area contributed by atoms with Gasteiger partial charge in [-0.3, -0.25) is 23.9 Å². The number of aromatic nitrogens is 1. The predicted molar refractivity (Wildman–Crippen MR) is 210 cm³/mol. The molecule has 0 radical (unpaired) electrons. The molecule has 1 aromatic carbocycles. The molecular formula is C40H55N5O10S. The highest BCUT2D eigenvalue weighted by Gasteiger charge is 2.48. The molecule has 2 aromatic rings. The Morgan fingerprint density at radius 2 is 1.77 bits per heavy atom. The number of ketones is 1. The lowest BCUT2D eigenvalue weighted by atomic mass is 9.94. The van der Waals surface area contributed by atoms with Gasteiger partial charge in [0.25, 0.3) is 5.91 Å². The largest absolute Gasteiger partial charge is 0.497 e. The molecule has 4 atom stereocenters. The monoisotopic (exact) mass is 797 g/mol. The molecule has 16 heteroatoms.